The lowest BCUT2D eigenvalue weighted by molar-refractivity contribution is 0.576. The summed E-state index contributed by atoms with van der Waals surface area (Å²) >= 11 is 24.3. The van der Waals surface area contributed by atoms with Gasteiger partial charge in [-0.1, -0.05) is 46.4 Å². The van der Waals surface area contributed by atoms with Gasteiger partial charge < -0.3 is 5.32 Å². The average molecular weight is 350 g/mol. The van der Waals surface area contributed by atoms with Gasteiger partial charge in [0.05, 0.1) is 21.8 Å². The Kier molecular flexibility index (Phi) is 5.53. The number of likely N-dealkylation sites (N-methyl/N-ethyl adjacent to an activating group) is 1. The fourth-order valence-electron chi connectivity index (χ4n) is 1.94. The number of nitrogens with one attached hydrogen (secondary N) is 1. The SMILES string of the molecule is CNC(Cc1cc(Cl)ccc1Cl)c1ncc(Cl)cc1Cl. The van der Waals surface area contributed by atoms with Gasteiger partial charge in [-0.25, -0.2) is 0 Å². The first-order chi connectivity index (χ1) is 9.51. The van der Waals surface area contributed by atoms with Crippen molar-refractivity contribution in [3.05, 3.63) is 61.8 Å². The predicted octanol–water partition coefficient (Wildman–Crippen LogP) is 5.20. The van der Waals surface area contributed by atoms with E-state index in [2.05, 4.69) is 10.3 Å². The molecule has 106 valence electrons. The number of hydrogen-bond donors (Lipinski definition) is 1. The van der Waals surface area contributed by atoms with Crippen molar-refractivity contribution in [3.63, 3.8) is 0 Å². The molecule has 6 heteroatoms. The highest BCUT2D eigenvalue weighted by Gasteiger charge is 2.17. The minimum absolute atomic E-state index is 0.0734. The summed E-state index contributed by atoms with van der Waals surface area (Å²) in [6.45, 7) is 0. The molecular weight excluding hydrogens is 338 g/mol. The largest absolute Gasteiger partial charge is 0.311 e. The Hall–Kier alpha value is -0.510. The predicted molar refractivity (Wildman–Crippen MR) is 86.2 cm³/mol. The minimum Gasteiger partial charge on any atom is -0.311 e. The second-order valence-corrected chi connectivity index (χ2v) is 5.99. The third-order valence-electron chi connectivity index (χ3n) is 2.95. The molecule has 1 N–H and O–H groups in total. The first kappa shape index (κ1) is 15.9. The van der Waals surface area contributed by atoms with Gasteiger partial charge in [-0.15, -0.1) is 0 Å². The maximum atomic E-state index is 6.19. The second-order valence-electron chi connectivity index (χ2n) is 4.30. The van der Waals surface area contributed by atoms with Gasteiger partial charge in [-0.2, -0.15) is 0 Å². The Balaban J connectivity index is 2.31. The van der Waals surface area contributed by atoms with Crippen molar-refractivity contribution in [1.82, 2.24) is 10.3 Å². The summed E-state index contributed by atoms with van der Waals surface area (Å²) in [4.78, 5) is 4.29. The number of benzene rings is 1. The first-order valence-corrected chi connectivity index (χ1v) is 7.44. The lowest BCUT2D eigenvalue weighted by atomic mass is 10.0. The third kappa shape index (κ3) is 3.78. The fraction of sp³-hybridized carbons (Fsp3) is 0.214. The van der Waals surface area contributed by atoms with E-state index in [4.69, 9.17) is 46.4 Å². The van der Waals surface area contributed by atoms with Crippen molar-refractivity contribution < 1.29 is 0 Å². The van der Waals surface area contributed by atoms with E-state index in [-0.39, 0.29) is 6.04 Å². The normalized spacial score (nSPS) is 12.4. The second kappa shape index (κ2) is 6.97. The average Bonchev–Trinajstić information content (AvgIpc) is 2.40. The zero-order chi connectivity index (χ0) is 14.7. The summed E-state index contributed by atoms with van der Waals surface area (Å²) in [5.74, 6) is 0. The molecule has 20 heavy (non-hydrogen) atoms. The van der Waals surface area contributed by atoms with E-state index in [1.807, 2.05) is 13.1 Å². The highest BCUT2D eigenvalue weighted by molar-refractivity contribution is 6.35. The minimum atomic E-state index is -0.0734. The van der Waals surface area contributed by atoms with Gasteiger partial charge in [0.25, 0.3) is 0 Å². The Bertz CT molecular complexity index is 616. The zero-order valence-corrected chi connectivity index (χ0v) is 13.7. The van der Waals surface area contributed by atoms with E-state index >= 15 is 0 Å². The maximum absolute atomic E-state index is 6.19. The molecule has 1 heterocycles. The molecule has 2 nitrogen and oxygen atoms in total. The van der Waals surface area contributed by atoms with Gasteiger partial charge >= 0.3 is 0 Å². The molecule has 0 aliphatic carbocycles. The monoisotopic (exact) mass is 348 g/mol. The van der Waals surface area contributed by atoms with Crippen LogP contribution in [0.15, 0.2) is 30.5 Å². The molecule has 0 bridgehead atoms. The van der Waals surface area contributed by atoms with Crippen molar-refractivity contribution in [2.75, 3.05) is 7.05 Å². The van der Waals surface area contributed by atoms with Crippen LogP contribution in [0.5, 0.6) is 0 Å². The van der Waals surface area contributed by atoms with Crippen molar-refractivity contribution in [2.24, 2.45) is 0 Å². The number of halogens is 4. The molecule has 0 aliphatic heterocycles. The van der Waals surface area contributed by atoms with Crippen LogP contribution in [0.3, 0.4) is 0 Å². The molecule has 1 unspecified atom stereocenters. The van der Waals surface area contributed by atoms with E-state index in [0.29, 0.717) is 26.5 Å². The van der Waals surface area contributed by atoms with Gasteiger partial charge in [0.1, 0.15) is 0 Å². The highest BCUT2D eigenvalue weighted by atomic mass is 35.5. The van der Waals surface area contributed by atoms with Gasteiger partial charge in [-0.05, 0) is 43.3 Å². The van der Waals surface area contributed by atoms with Crippen LogP contribution in [-0.2, 0) is 6.42 Å². The van der Waals surface area contributed by atoms with Crippen LogP contribution in [-0.4, -0.2) is 12.0 Å². The fourth-order valence-corrected chi connectivity index (χ4v) is 2.84. The molecule has 0 saturated carbocycles. The quantitative estimate of drug-likeness (QED) is 0.820. The van der Waals surface area contributed by atoms with Crippen molar-refractivity contribution in [2.45, 2.75) is 12.5 Å². The number of hydrogen-bond acceptors (Lipinski definition) is 2. The molecule has 1 atom stereocenters. The summed E-state index contributed by atoms with van der Waals surface area (Å²) < 4.78 is 0. The summed E-state index contributed by atoms with van der Waals surface area (Å²) in [5, 5.41) is 5.53. The van der Waals surface area contributed by atoms with E-state index in [0.717, 1.165) is 11.3 Å². The maximum Gasteiger partial charge on any atom is 0.0763 e. The first-order valence-electron chi connectivity index (χ1n) is 5.93. The highest BCUT2D eigenvalue weighted by Crippen LogP contribution is 2.29. The van der Waals surface area contributed by atoms with Crippen LogP contribution in [0, 0.1) is 0 Å². The van der Waals surface area contributed by atoms with Crippen LogP contribution in [0.1, 0.15) is 17.3 Å². The molecule has 0 fully saturated rings. The van der Waals surface area contributed by atoms with E-state index < -0.39 is 0 Å². The molecule has 0 aliphatic rings. The van der Waals surface area contributed by atoms with Crippen LogP contribution in [0.25, 0.3) is 0 Å². The lowest BCUT2D eigenvalue weighted by Crippen LogP contribution is -2.20. The van der Waals surface area contributed by atoms with Crippen LogP contribution in [0.4, 0.5) is 0 Å². The topological polar surface area (TPSA) is 24.9 Å². The number of rotatable bonds is 4. The lowest BCUT2D eigenvalue weighted by Gasteiger charge is -2.18. The Labute approximate surface area is 138 Å². The van der Waals surface area contributed by atoms with Crippen LogP contribution in [0.2, 0.25) is 20.1 Å². The van der Waals surface area contributed by atoms with Gasteiger partial charge in [0, 0.05) is 16.2 Å². The molecule has 0 amide bonds. The molecule has 0 saturated heterocycles. The van der Waals surface area contributed by atoms with Crippen LogP contribution >= 0.6 is 46.4 Å². The summed E-state index contributed by atoms with van der Waals surface area (Å²) in [7, 11) is 1.84. The molecule has 2 aromatic rings. The molecule has 0 spiro atoms. The smallest absolute Gasteiger partial charge is 0.0763 e. The van der Waals surface area contributed by atoms with E-state index in [1.165, 1.54) is 0 Å². The van der Waals surface area contributed by atoms with Gasteiger partial charge in [0.15, 0.2) is 0 Å². The van der Waals surface area contributed by atoms with E-state index in [1.54, 1.807) is 24.4 Å². The van der Waals surface area contributed by atoms with E-state index in [9.17, 15) is 0 Å². The number of pyridine rings is 1. The standard InChI is InChI=1S/C14H12Cl4N2/c1-19-13(14-12(18)6-10(16)7-20-14)5-8-4-9(15)2-3-11(8)17/h2-4,6-7,13,19H,5H2,1H3. The van der Waals surface area contributed by atoms with Crippen LogP contribution < -0.4 is 5.32 Å². The van der Waals surface area contributed by atoms with Gasteiger partial charge in [0.2, 0.25) is 0 Å². The number of nitrogens with zero attached hydrogens (tertiary/aromatic N) is 1. The Morgan fingerprint density at radius 3 is 2.45 bits per heavy atom. The van der Waals surface area contributed by atoms with Crippen molar-refractivity contribution in [1.29, 1.82) is 0 Å². The third-order valence-corrected chi connectivity index (χ3v) is 4.06. The molecule has 0 radical (unpaired) electrons. The molecule has 2 rings (SSSR count). The number of aromatic nitrogens is 1. The van der Waals surface area contributed by atoms with Crippen molar-refractivity contribution in [3.8, 4) is 0 Å². The summed E-state index contributed by atoms with van der Waals surface area (Å²) in [6, 6.07) is 6.99. The van der Waals surface area contributed by atoms with Crippen molar-refractivity contribution >= 4 is 46.4 Å². The summed E-state index contributed by atoms with van der Waals surface area (Å²) in [6.07, 6.45) is 2.21. The molecule has 1 aromatic heterocycles. The summed E-state index contributed by atoms with van der Waals surface area (Å²) in [5.41, 5.74) is 1.67. The molecular formula is C14H12Cl4N2. The Morgan fingerprint density at radius 2 is 1.80 bits per heavy atom. The zero-order valence-electron chi connectivity index (χ0n) is 10.6. The Morgan fingerprint density at radius 1 is 1.05 bits per heavy atom. The molecule has 1 aromatic carbocycles. The van der Waals surface area contributed by atoms with Gasteiger partial charge in [-0.3, -0.25) is 4.98 Å².